The summed E-state index contributed by atoms with van der Waals surface area (Å²) in [7, 11) is 1.60. The number of hydrogen-bond acceptors (Lipinski definition) is 2. The van der Waals surface area contributed by atoms with Crippen LogP contribution in [0.5, 0.6) is 5.75 Å². The maximum atomic E-state index is 13.4. The first-order valence-electron chi connectivity index (χ1n) is 5.98. The van der Waals surface area contributed by atoms with Crippen molar-refractivity contribution in [2.24, 2.45) is 0 Å². The van der Waals surface area contributed by atoms with Gasteiger partial charge in [0.1, 0.15) is 11.6 Å². The second-order valence-corrected chi connectivity index (χ2v) is 4.52. The van der Waals surface area contributed by atoms with Crippen LogP contribution in [-0.4, -0.2) is 7.11 Å². The lowest BCUT2D eigenvalue weighted by molar-refractivity contribution is 0.407. The fourth-order valence-corrected chi connectivity index (χ4v) is 2.10. The summed E-state index contributed by atoms with van der Waals surface area (Å²) in [5.41, 5.74) is 1.51. The van der Waals surface area contributed by atoms with E-state index in [0.29, 0.717) is 23.7 Å². The van der Waals surface area contributed by atoms with Crippen molar-refractivity contribution in [2.45, 2.75) is 13.1 Å². The number of methoxy groups -OCH3 is 1. The Bertz CT molecular complexity index is 560. The maximum Gasteiger partial charge on any atom is 0.127 e. The quantitative estimate of drug-likeness (QED) is 0.899. The standard InChI is InChI=1S/C15H15ClFNO/c1-19-15-8-4-6-13(16)12(15)10-18-9-11-5-2-3-7-14(11)17/h2-8,18H,9-10H2,1H3. The van der Waals surface area contributed by atoms with Crippen LogP contribution in [0.1, 0.15) is 11.1 Å². The first-order valence-corrected chi connectivity index (χ1v) is 6.35. The van der Waals surface area contributed by atoms with E-state index in [1.54, 1.807) is 19.2 Å². The number of halogens is 2. The van der Waals surface area contributed by atoms with Gasteiger partial charge in [-0.05, 0) is 18.2 Å². The zero-order valence-electron chi connectivity index (χ0n) is 10.6. The highest BCUT2D eigenvalue weighted by atomic mass is 35.5. The van der Waals surface area contributed by atoms with Gasteiger partial charge in [0.25, 0.3) is 0 Å². The van der Waals surface area contributed by atoms with Gasteiger partial charge >= 0.3 is 0 Å². The molecular formula is C15H15ClFNO. The number of nitrogens with one attached hydrogen (secondary N) is 1. The monoisotopic (exact) mass is 279 g/mol. The minimum absolute atomic E-state index is 0.207. The van der Waals surface area contributed by atoms with Gasteiger partial charge in [0.15, 0.2) is 0 Å². The van der Waals surface area contributed by atoms with E-state index in [1.807, 2.05) is 24.3 Å². The van der Waals surface area contributed by atoms with Gasteiger partial charge in [0.05, 0.1) is 7.11 Å². The molecule has 0 saturated heterocycles. The molecule has 0 radical (unpaired) electrons. The number of benzene rings is 2. The molecule has 4 heteroatoms. The normalized spacial score (nSPS) is 10.5. The van der Waals surface area contributed by atoms with Crippen molar-refractivity contribution >= 4 is 11.6 Å². The number of rotatable bonds is 5. The van der Waals surface area contributed by atoms with Crippen LogP contribution < -0.4 is 10.1 Å². The second kappa shape index (κ2) is 6.55. The van der Waals surface area contributed by atoms with Crippen molar-refractivity contribution in [2.75, 3.05) is 7.11 Å². The van der Waals surface area contributed by atoms with Crippen LogP contribution >= 0.6 is 11.6 Å². The molecule has 0 fully saturated rings. The molecule has 1 N–H and O–H groups in total. The van der Waals surface area contributed by atoms with Crippen molar-refractivity contribution in [3.05, 3.63) is 64.4 Å². The van der Waals surface area contributed by atoms with Crippen molar-refractivity contribution < 1.29 is 9.13 Å². The van der Waals surface area contributed by atoms with Crippen LogP contribution in [0, 0.1) is 5.82 Å². The Hall–Kier alpha value is -1.58. The fourth-order valence-electron chi connectivity index (χ4n) is 1.87. The van der Waals surface area contributed by atoms with Crippen molar-refractivity contribution in [3.8, 4) is 5.75 Å². The lowest BCUT2D eigenvalue weighted by Gasteiger charge is -2.11. The van der Waals surface area contributed by atoms with E-state index in [4.69, 9.17) is 16.3 Å². The Kier molecular flexibility index (Phi) is 4.77. The molecule has 100 valence electrons. The first-order chi connectivity index (χ1) is 9.22. The average Bonchev–Trinajstić information content (AvgIpc) is 2.42. The number of hydrogen-bond donors (Lipinski definition) is 1. The number of ether oxygens (including phenoxy) is 1. The lowest BCUT2D eigenvalue weighted by atomic mass is 10.1. The molecule has 0 aliphatic rings. The van der Waals surface area contributed by atoms with Crippen LogP contribution in [0.25, 0.3) is 0 Å². The van der Waals surface area contributed by atoms with Gasteiger partial charge in [0, 0.05) is 29.2 Å². The van der Waals surface area contributed by atoms with Crippen molar-refractivity contribution in [3.63, 3.8) is 0 Å². The van der Waals surface area contributed by atoms with Gasteiger partial charge in [-0.15, -0.1) is 0 Å². The Balaban J connectivity index is 2.02. The van der Waals surface area contributed by atoms with Gasteiger partial charge in [-0.3, -0.25) is 0 Å². The van der Waals surface area contributed by atoms with Crippen LogP contribution in [0.2, 0.25) is 5.02 Å². The van der Waals surface area contributed by atoms with Gasteiger partial charge in [-0.2, -0.15) is 0 Å². The summed E-state index contributed by atoms with van der Waals surface area (Å²) < 4.78 is 18.7. The van der Waals surface area contributed by atoms with Crippen LogP contribution in [-0.2, 0) is 13.1 Å². The maximum absolute atomic E-state index is 13.4. The van der Waals surface area contributed by atoms with E-state index in [0.717, 1.165) is 11.3 Å². The van der Waals surface area contributed by atoms with Crippen LogP contribution in [0.4, 0.5) is 4.39 Å². The van der Waals surface area contributed by atoms with E-state index >= 15 is 0 Å². The third-order valence-electron chi connectivity index (χ3n) is 2.87. The molecule has 19 heavy (non-hydrogen) atoms. The Morgan fingerprint density at radius 1 is 1.11 bits per heavy atom. The molecule has 0 unspecified atom stereocenters. The zero-order chi connectivity index (χ0) is 13.7. The molecule has 0 spiro atoms. The van der Waals surface area contributed by atoms with E-state index in [9.17, 15) is 4.39 Å². The third-order valence-corrected chi connectivity index (χ3v) is 3.22. The Morgan fingerprint density at radius 2 is 1.89 bits per heavy atom. The van der Waals surface area contributed by atoms with Gasteiger partial charge in [0.2, 0.25) is 0 Å². The summed E-state index contributed by atoms with van der Waals surface area (Å²) in [5, 5.41) is 3.81. The van der Waals surface area contributed by atoms with Crippen molar-refractivity contribution in [1.29, 1.82) is 0 Å². The predicted octanol–water partition coefficient (Wildman–Crippen LogP) is 3.78. The molecule has 0 aromatic heterocycles. The first kappa shape index (κ1) is 13.8. The van der Waals surface area contributed by atoms with E-state index in [2.05, 4.69) is 5.32 Å². The topological polar surface area (TPSA) is 21.3 Å². The predicted molar refractivity (Wildman–Crippen MR) is 74.9 cm³/mol. The summed E-state index contributed by atoms with van der Waals surface area (Å²) in [6.45, 7) is 0.970. The molecule has 2 nitrogen and oxygen atoms in total. The van der Waals surface area contributed by atoms with Crippen LogP contribution in [0.3, 0.4) is 0 Å². The second-order valence-electron chi connectivity index (χ2n) is 4.12. The Morgan fingerprint density at radius 3 is 2.63 bits per heavy atom. The summed E-state index contributed by atoms with van der Waals surface area (Å²) >= 11 is 6.13. The molecule has 0 aliphatic heterocycles. The molecule has 0 saturated carbocycles. The Labute approximate surface area is 117 Å². The molecule has 2 aromatic carbocycles. The van der Waals surface area contributed by atoms with Crippen LogP contribution in [0.15, 0.2) is 42.5 Å². The molecule has 0 aliphatic carbocycles. The van der Waals surface area contributed by atoms with Gasteiger partial charge in [-0.1, -0.05) is 35.9 Å². The summed E-state index contributed by atoms with van der Waals surface area (Å²) in [6.07, 6.45) is 0. The lowest BCUT2D eigenvalue weighted by Crippen LogP contribution is -2.14. The van der Waals surface area contributed by atoms with E-state index < -0.39 is 0 Å². The molecule has 2 aromatic rings. The molecular weight excluding hydrogens is 265 g/mol. The molecule has 2 rings (SSSR count). The smallest absolute Gasteiger partial charge is 0.127 e. The summed E-state index contributed by atoms with van der Waals surface area (Å²) in [5.74, 6) is 0.523. The highest BCUT2D eigenvalue weighted by Crippen LogP contribution is 2.25. The summed E-state index contributed by atoms with van der Waals surface area (Å²) in [6, 6.07) is 12.2. The zero-order valence-corrected chi connectivity index (χ0v) is 11.4. The van der Waals surface area contributed by atoms with Gasteiger partial charge in [-0.25, -0.2) is 4.39 Å². The van der Waals surface area contributed by atoms with E-state index in [-0.39, 0.29) is 5.82 Å². The SMILES string of the molecule is COc1cccc(Cl)c1CNCc1ccccc1F. The molecule has 0 atom stereocenters. The van der Waals surface area contributed by atoms with Gasteiger partial charge < -0.3 is 10.1 Å². The fraction of sp³-hybridized carbons (Fsp3) is 0.200. The molecule has 0 heterocycles. The van der Waals surface area contributed by atoms with E-state index in [1.165, 1.54) is 6.07 Å². The average molecular weight is 280 g/mol. The highest BCUT2D eigenvalue weighted by molar-refractivity contribution is 6.31. The summed E-state index contributed by atoms with van der Waals surface area (Å²) in [4.78, 5) is 0. The highest BCUT2D eigenvalue weighted by Gasteiger charge is 2.07. The minimum Gasteiger partial charge on any atom is -0.496 e. The largest absolute Gasteiger partial charge is 0.496 e. The minimum atomic E-state index is -0.207. The molecule has 0 amide bonds. The molecule has 0 bridgehead atoms. The third kappa shape index (κ3) is 3.46. The van der Waals surface area contributed by atoms with Crippen molar-refractivity contribution in [1.82, 2.24) is 5.32 Å².